The maximum atomic E-state index is 12.7. The highest BCUT2D eigenvalue weighted by molar-refractivity contribution is 7.11. The van der Waals surface area contributed by atoms with Crippen molar-refractivity contribution in [1.82, 2.24) is 4.90 Å². The molecule has 0 atom stereocenters. The van der Waals surface area contributed by atoms with Crippen molar-refractivity contribution in [2.24, 2.45) is 11.1 Å². The van der Waals surface area contributed by atoms with E-state index >= 15 is 0 Å². The second-order valence-corrected chi connectivity index (χ2v) is 12.0. The summed E-state index contributed by atoms with van der Waals surface area (Å²) in [6, 6.07) is 19.1. The fourth-order valence-electron chi connectivity index (χ4n) is 5.39. The Morgan fingerprint density at radius 3 is 2.37 bits per heavy atom. The van der Waals surface area contributed by atoms with Crippen molar-refractivity contribution in [2.45, 2.75) is 33.1 Å². The first-order valence-electron chi connectivity index (χ1n) is 13.3. The molecule has 38 heavy (non-hydrogen) atoms. The summed E-state index contributed by atoms with van der Waals surface area (Å²) in [7, 11) is 0. The monoisotopic (exact) mass is 528 g/mol. The number of rotatable bonds is 7. The van der Waals surface area contributed by atoms with Crippen molar-refractivity contribution < 1.29 is 9.59 Å². The largest absolute Gasteiger partial charge is 0.369 e. The predicted molar refractivity (Wildman–Crippen MR) is 157 cm³/mol. The van der Waals surface area contributed by atoms with E-state index in [0.717, 1.165) is 56.9 Å². The summed E-state index contributed by atoms with van der Waals surface area (Å²) < 4.78 is 0. The van der Waals surface area contributed by atoms with E-state index < -0.39 is 5.91 Å². The summed E-state index contributed by atoms with van der Waals surface area (Å²) in [5, 5.41) is 5.13. The molecule has 198 valence electrons. The maximum absolute atomic E-state index is 12.7. The number of hydrogen-bond donors (Lipinski definition) is 2. The first kappa shape index (κ1) is 26.2. The lowest BCUT2D eigenvalue weighted by atomic mass is 9.74. The Bertz CT molecular complexity index is 1320. The highest BCUT2D eigenvalue weighted by atomic mass is 32.1. The van der Waals surface area contributed by atoms with Gasteiger partial charge in [0, 0.05) is 59.8 Å². The molecule has 2 aromatic carbocycles. The molecule has 0 unspecified atom stereocenters. The SMILES string of the molecule is CC1(C)CCC(CN2CCN(c3ccc(C(N)=O)cc3)CC2)=C(c2cc(NC(=O)c3ccccc3)cs2)C1. The fourth-order valence-corrected chi connectivity index (χ4v) is 6.33. The van der Waals surface area contributed by atoms with Gasteiger partial charge in [-0.05, 0) is 72.7 Å². The molecule has 1 aromatic heterocycles. The first-order chi connectivity index (χ1) is 18.3. The molecule has 0 spiro atoms. The van der Waals surface area contributed by atoms with Crippen LogP contribution in [0, 0.1) is 5.41 Å². The minimum Gasteiger partial charge on any atom is -0.369 e. The van der Waals surface area contributed by atoms with Gasteiger partial charge in [-0.3, -0.25) is 14.5 Å². The van der Waals surface area contributed by atoms with Crippen LogP contribution in [0.15, 0.2) is 71.6 Å². The van der Waals surface area contributed by atoms with Gasteiger partial charge >= 0.3 is 0 Å². The first-order valence-corrected chi connectivity index (χ1v) is 14.2. The van der Waals surface area contributed by atoms with Crippen molar-refractivity contribution >= 4 is 40.1 Å². The number of amides is 2. The predicted octanol–water partition coefficient (Wildman–Crippen LogP) is 5.89. The van der Waals surface area contributed by atoms with E-state index in [1.54, 1.807) is 11.3 Å². The Morgan fingerprint density at radius 1 is 0.974 bits per heavy atom. The summed E-state index contributed by atoms with van der Waals surface area (Å²) >= 11 is 1.73. The molecule has 2 amide bonds. The van der Waals surface area contributed by atoms with Crippen LogP contribution in [-0.2, 0) is 0 Å². The lowest BCUT2D eigenvalue weighted by Gasteiger charge is -2.39. The van der Waals surface area contributed by atoms with E-state index in [-0.39, 0.29) is 11.3 Å². The molecule has 0 bridgehead atoms. The third kappa shape index (κ3) is 6.17. The Hall–Kier alpha value is -3.42. The second kappa shape index (κ2) is 11.1. The highest BCUT2D eigenvalue weighted by Crippen LogP contribution is 2.45. The molecule has 1 saturated heterocycles. The number of carbonyl (C=O) groups excluding carboxylic acids is 2. The summed E-state index contributed by atoms with van der Waals surface area (Å²) in [4.78, 5) is 30.2. The number of primary amides is 1. The number of nitrogens with two attached hydrogens (primary N) is 1. The molecule has 0 saturated carbocycles. The molecule has 3 N–H and O–H groups in total. The number of allylic oxidation sites excluding steroid dienone is 1. The highest BCUT2D eigenvalue weighted by Gasteiger charge is 2.30. The molecule has 3 aromatic rings. The van der Waals surface area contributed by atoms with Gasteiger partial charge in [-0.25, -0.2) is 0 Å². The smallest absolute Gasteiger partial charge is 0.255 e. The topological polar surface area (TPSA) is 78.7 Å². The van der Waals surface area contributed by atoms with Crippen LogP contribution >= 0.6 is 11.3 Å². The zero-order valence-corrected chi connectivity index (χ0v) is 23.0. The van der Waals surface area contributed by atoms with Crippen LogP contribution in [0.25, 0.3) is 5.57 Å². The minimum absolute atomic E-state index is 0.0738. The summed E-state index contributed by atoms with van der Waals surface area (Å²) in [6.07, 6.45) is 3.36. The van der Waals surface area contributed by atoms with Gasteiger partial charge < -0.3 is 16.0 Å². The lowest BCUT2D eigenvalue weighted by molar-refractivity contribution is 0.0997. The number of anilines is 2. The quantitative estimate of drug-likeness (QED) is 0.401. The average molecular weight is 529 g/mol. The third-order valence-electron chi connectivity index (χ3n) is 7.68. The van der Waals surface area contributed by atoms with Gasteiger partial charge in [0.1, 0.15) is 0 Å². The number of hydrogen-bond acceptors (Lipinski definition) is 5. The number of piperazine rings is 1. The summed E-state index contributed by atoms with van der Waals surface area (Å²) in [6.45, 7) is 9.62. The molecule has 6 nitrogen and oxygen atoms in total. The van der Waals surface area contributed by atoms with E-state index in [2.05, 4.69) is 40.4 Å². The zero-order chi connectivity index (χ0) is 26.7. The molecule has 1 aliphatic carbocycles. The molecule has 2 heterocycles. The van der Waals surface area contributed by atoms with Crippen molar-refractivity contribution in [1.29, 1.82) is 0 Å². The van der Waals surface area contributed by atoms with Crippen molar-refractivity contribution in [3.63, 3.8) is 0 Å². The molecular weight excluding hydrogens is 492 g/mol. The average Bonchev–Trinajstić information content (AvgIpc) is 3.39. The normalized spacial score (nSPS) is 17.9. The van der Waals surface area contributed by atoms with Gasteiger partial charge in [0.15, 0.2) is 0 Å². The Morgan fingerprint density at radius 2 is 1.68 bits per heavy atom. The number of carbonyl (C=O) groups is 2. The molecule has 7 heteroatoms. The molecule has 1 aliphatic heterocycles. The molecule has 1 fully saturated rings. The van der Waals surface area contributed by atoms with Crippen LogP contribution in [0.1, 0.15) is 58.7 Å². The van der Waals surface area contributed by atoms with Gasteiger partial charge in [-0.15, -0.1) is 11.3 Å². The minimum atomic E-state index is -0.391. The third-order valence-corrected chi connectivity index (χ3v) is 8.67. The van der Waals surface area contributed by atoms with Crippen LogP contribution < -0.4 is 16.0 Å². The van der Waals surface area contributed by atoms with Crippen LogP contribution in [0.2, 0.25) is 0 Å². The van der Waals surface area contributed by atoms with E-state index in [1.807, 2.05) is 54.6 Å². The van der Waals surface area contributed by atoms with Crippen molar-refractivity contribution in [2.75, 3.05) is 42.9 Å². The van der Waals surface area contributed by atoms with Crippen LogP contribution in [0.4, 0.5) is 11.4 Å². The van der Waals surface area contributed by atoms with Gasteiger partial charge in [-0.1, -0.05) is 37.6 Å². The van der Waals surface area contributed by atoms with Crippen molar-refractivity contribution in [3.8, 4) is 0 Å². The van der Waals surface area contributed by atoms with E-state index in [0.29, 0.717) is 11.1 Å². The maximum Gasteiger partial charge on any atom is 0.255 e. The fraction of sp³-hybridized carbons (Fsp3) is 0.355. The Kier molecular flexibility index (Phi) is 7.68. The molecular formula is C31H36N4O2S. The van der Waals surface area contributed by atoms with Crippen LogP contribution in [0.5, 0.6) is 0 Å². The van der Waals surface area contributed by atoms with Gasteiger partial charge in [0.05, 0.1) is 5.69 Å². The molecule has 2 aliphatic rings. The number of nitrogens with zero attached hydrogens (tertiary/aromatic N) is 2. The second-order valence-electron chi connectivity index (χ2n) is 11.1. The van der Waals surface area contributed by atoms with Crippen LogP contribution in [-0.4, -0.2) is 49.4 Å². The number of thiophene rings is 1. The zero-order valence-electron chi connectivity index (χ0n) is 22.2. The van der Waals surface area contributed by atoms with Crippen molar-refractivity contribution in [3.05, 3.63) is 87.6 Å². The summed E-state index contributed by atoms with van der Waals surface area (Å²) in [5.41, 5.74) is 11.9. The number of benzene rings is 2. The van der Waals surface area contributed by atoms with E-state index in [4.69, 9.17) is 5.73 Å². The van der Waals surface area contributed by atoms with Gasteiger partial charge in [0.2, 0.25) is 5.91 Å². The summed E-state index contributed by atoms with van der Waals surface area (Å²) in [5.74, 6) is -0.465. The standard InChI is InChI=1S/C31H36N4O2S/c1-31(2)13-12-24(20-34-14-16-35(17-15-34)26-10-8-22(9-11-26)29(32)36)27(19-31)28-18-25(21-38-28)33-30(37)23-6-4-3-5-7-23/h3-11,18,21H,12-17,19-20H2,1-2H3,(H2,32,36)(H,33,37). The molecule has 0 radical (unpaired) electrons. The number of nitrogens with one attached hydrogen (secondary N) is 1. The van der Waals surface area contributed by atoms with Gasteiger partial charge in [-0.2, -0.15) is 0 Å². The van der Waals surface area contributed by atoms with E-state index in [9.17, 15) is 9.59 Å². The lowest BCUT2D eigenvalue weighted by Crippen LogP contribution is -2.47. The Labute approximate surface area is 229 Å². The van der Waals surface area contributed by atoms with Gasteiger partial charge in [0.25, 0.3) is 5.91 Å². The Balaban J connectivity index is 1.26. The van der Waals surface area contributed by atoms with Crippen LogP contribution in [0.3, 0.4) is 0 Å². The van der Waals surface area contributed by atoms with E-state index in [1.165, 1.54) is 22.4 Å². The molecule has 5 rings (SSSR count).